The molecule has 1 saturated heterocycles. The number of urea groups is 1. The van der Waals surface area contributed by atoms with Crippen molar-refractivity contribution < 1.29 is 9.53 Å². The molecule has 0 bridgehead atoms. The van der Waals surface area contributed by atoms with Crippen molar-refractivity contribution in [2.75, 3.05) is 20.2 Å². The lowest BCUT2D eigenvalue weighted by molar-refractivity contribution is 0.176. The van der Waals surface area contributed by atoms with Crippen LogP contribution in [0.3, 0.4) is 0 Å². The number of carbonyl (C=O) groups is 1. The number of rotatable bonds is 4. The summed E-state index contributed by atoms with van der Waals surface area (Å²) >= 11 is 1.55. The molecule has 2 amide bonds. The molecule has 2 heterocycles. The molecule has 0 aliphatic carbocycles. The minimum atomic E-state index is -0.115. The molecule has 25 heavy (non-hydrogen) atoms. The summed E-state index contributed by atoms with van der Waals surface area (Å²) in [4.78, 5) is 19.4. The monoisotopic (exact) mass is 356 g/mol. The average molecular weight is 356 g/mol. The van der Waals surface area contributed by atoms with E-state index in [2.05, 4.69) is 16.4 Å². The zero-order valence-corrected chi connectivity index (χ0v) is 14.9. The fourth-order valence-electron chi connectivity index (χ4n) is 2.82. The minimum Gasteiger partial charge on any atom is -0.497 e. The number of aromatic nitrogens is 1. The Morgan fingerprint density at radius 1 is 1.56 bits per heavy atom. The summed E-state index contributed by atoms with van der Waals surface area (Å²) in [7, 11) is 1.64. The van der Waals surface area contributed by atoms with E-state index in [1.165, 1.54) is 0 Å². The summed E-state index contributed by atoms with van der Waals surface area (Å²) in [5.74, 6) is 0.738. The van der Waals surface area contributed by atoms with Gasteiger partial charge in [-0.3, -0.25) is 0 Å². The van der Waals surface area contributed by atoms with Crippen molar-refractivity contribution in [2.45, 2.75) is 19.4 Å². The number of hydrogen-bond donors (Lipinski definition) is 1. The van der Waals surface area contributed by atoms with Gasteiger partial charge in [-0.25, -0.2) is 9.78 Å². The van der Waals surface area contributed by atoms with Crippen LogP contribution in [0.4, 0.5) is 4.79 Å². The van der Waals surface area contributed by atoms with E-state index < -0.39 is 0 Å². The Morgan fingerprint density at radius 3 is 3.24 bits per heavy atom. The van der Waals surface area contributed by atoms with E-state index in [0.717, 1.165) is 34.0 Å². The van der Waals surface area contributed by atoms with Gasteiger partial charge in [-0.15, -0.1) is 11.3 Å². The molecule has 7 heteroatoms. The number of carbonyl (C=O) groups excluding carboxylic acids is 1. The molecule has 0 saturated carbocycles. The van der Waals surface area contributed by atoms with Crippen LogP contribution in [0.15, 0.2) is 30.5 Å². The van der Waals surface area contributed by atoms with Crippen LogP contribution in [0.1, 0.15) is 17.7 Å². The number of nitrogens with one attached hydrogen (secondary N) is 1. The first-order chi connectivity index (χ1) is 12.2. The second kappa shape index (κ2) is 7.99. The smallest absolute Gasteiger partial charge is 0.317 e. The van der Waals surface area contributed by atoms with E-state index in [9.17, 15) is 4.79 Å². The highest BCUT2D eigenvalue weighted by molar-refractivity contribution is 7.15. The highest BCUT2D eigenvalue weighted by atomic mass is 32.1. The largest absolute Gasteiger partial charge is 0.497 e. The molecule has 0 spiro atoms. The zero-order valence-electron chi connectivity index (χ0n) is 14.1. The van der Waals surface area contributed by atoms with Gasteiger partial charge in [-0.2, -0.15) is 5.26 Å². The van der Waals surface area contributed by atoms with Crippen LogP contribution < -0.4 is 10.1 Å². The van der Waals surface area contributed by atoms with Crippen molar-refractivity contribution in [3.8, 4) is 22.4 Å². The van der Waals surface area contributed by atoms with Gasteiger partial charge in [0.2, 0.25) is 0 Å². The molecule has 1 aliphatic heterocycles. The molecule has 3 rings (SSSR count). The summed E-state index contributed by atoms with van der Waals surface area (Å²) in [5, 5.41) is 12.8. The topological polar surface area (TPSA) is 78.2 Å². The first-order valence-corrected chi connectivity index (χ1v) is 9.03. The van der Waals surface area contributed by atoms with Gasteiger partial charge < -0.3 is 15.0 Å². The molecule has 2 aromatic rings. The maximum atomic E-state index is 12.3. The molecule has 1 atom stereocenters. The Balaban J connectivity index is 1.58. The SMILES string of the molecule is COc1cccc(-c2ncc(CNC(=O)N3CCCC(C#N)C3)s2)c1. The van der Waals surface area contributed by atoms with Gasteiger partial charge in [0.25, 0.3) is 0 Å². The normalized spacial score (nSPS) is 17.0. The summed E-state index contributed by atoms with van der Waals surface area (Å²) in [6.45, 7) is 1.66. The highest BCUT2D eigenvalue weighted by Crippen LogP contribution is 2.27. The number of ether oxygens (including phenoxy) is 1. The lowest BCUT2D eigenvalue weighted by Crippen LogP contribution is -2.44. The number of nitrogens with zero attached hydrogens (tertiary/aromatic N) is 3. The molecule has 1 aliphatic rings. The quantitative estimate of drug-likeness (QED) is 0.912. The van der Waals surface area contributed by atoms with Gasteiger partial charge in [0.05, 0.1) is 25.6 Å². The third-order valence-corrected chi connectivity index (χ3v) is 5.22. The Bertz CT molecular complexity index is 783. The van der Waals surface area contributed by atoms with Crippen LogP contribution in [0, 0.1) is 17.2 Å². The lowest BCUT2D eigenvalue weighted by Gasteiger charge is -2.29. The first kappa shape index (κ1) is 17.2. The Hall–Kier alpha value is -2.59. The molecule has 1 N–H and O–H groups in total. The highest BCUT2D eigenvalue weighted by Gasteiger charge is 2.23. The fraction of sp³-hybridized carbons (Fsp3) is 0.389. The molecule has 1 unspecified atom stereocenters. The average Bonchev–Trinajstić information content (AvgIpc) is 3.15. The van der Waals surface area contributed by atoms with Crippen molar-refractivity contribution in [2.24, 2.45) is 5.92 Å². The molecular weight excluding hydrogens is 336 g/mol. The predicted octanol–water partition coefficient (Wildman–Crippen LogP) is 3.26. The van der Waals surface area contributed by atoms with Crippen molar-refractivity contribution in [1.29, 1.82) is 5.26 Å². The van der Waals surface area contributed by atoms with Crippen LogP contribution in [-0.2, 0) is 6.54 Å². The molecule has 1 fully saturated rings. The molecule has 130 valence electrons. The van der Waals surface area contributed by atoms with E-state index in [4.69, 9.17) is 10.00 Å². The number of likely N-dealkylation sites (tertiary alicyclic amines) is 1. The van der Waals surface area contributed by atoms with Crippen molar-refractivity contribution in [3.63, 3.8) is 0 Å². The number of benzene rings is 1. The number of piperidine rings is 1. The Labute approximate surface area is 151 Å². The third kappa shape index (κ3) is 4.28. The van der Waals surface area contributed by atoms with E-state index in [-0.39, 0.29) is 11.9 Å². The van der Waals surface area contributed by atoms with Crippen molar-refractivity contribution in [1.82, 2.24) is 15.2 Å². The predicted molar refractivity (Wildman–Crippen MR) is 96.2 cm³/mol. The van der Waals surface area contributed by atoms with Gasteiger partial charge >= 0.3 is 6.03 Å². The van der Waals surface area contributed by atoms with E-state index >= 15 is 0 Å². The fourth-order valence-corrected chi connectivity index (χ4v) is 3.67. The van der Waals surface area contributed by atoms with Crippen molar-refractivity contribution >= 4 is 17.4 Å². The first-order valence-electron chi connectivity index (χ1n) is 8.21. The van der Waals surface area contributed by atoms with Crippen LogP contribution in [0.25, 0.3) is 10.6 Å². The number of methoxy groups -OCH3 is 1. The summed E-state index contributed by atoms with van der Waals surface area (Å²) in [6.07, 6.45) is 3.54. The van der Waals surface area contributed by atoms with Gasteiger partial charge in [-0.1, -0.05) is 12.1 Å². The van der Waals surface area contributed by atoms with E-state index in [1.54, 1.807) is 29.5 Å². The number of nitriles is 1. The zero-order chi connectivity index (χ0) is 17.6. The summed E-state index contributed by atoms with van der Waals surface area (Å²) < 4.78 is 5.24. The van der Waals surface area contributed by atoms with Gasteiger partial charge in [0, 0.05) is 29.7 Å². The maximum Gasteiger partial charge on any atom is 0.317 e. The van der Waals surface area contributed by atoms with E-state index in [0.29, 0.717) is 19.6 Å². The number of thiazole rings is 1. The molecule has 0 radical (unpaired) electrons. The summed E-state index contributed by atoms with van der Waals surface area (Å²) in [6, 6.07) is 9.89. The van der Waals surface area contributed by atoms with Crippen LogP contribution in [0.2, 0.25) is 0 Å². The van der Waals surface area contributed by atoms with Gasteiger partial charge in [0.15, 0.2) is 0 Å². The number of amides is 2. The molecule has 1 aromatic heterocycles. The second-order valence-corrected chi connectivity index (χ2v) is 7.05. The molecular formula is C18H20N4O2S. The van der Waals surface area contributed by atoms with E-state index in [1.807, 2.05) is 24.3 Å². The Morgan fingerprint density at radius 2 is 2.44 bits per heavy atom. The van der Waals surface area contributed by atoms with Gasteiger partial charge in [-0.05, 0) is 25.0 Å². The standard InChI is InChI=1S/C18H20N4O2S/c1-24-15-6-2-5-14(8-15)17-20-10-16(25-17)11-21-18(23)22-7-3-4-13(9-19)12-22/h2,5-6,8,10,13H,3-4,7,11-12H2,1H3,(H,21,23). The maximum absolute atomic E-state index is 12.3. The molecule has 1 aromatic carbocycles. The van der Waals surface area contributed by atoms with Gasteiger partial charge in [0.1, 0.15) is 10.8 Å². The second-order valence-electron chi connectivity index (χ2n) is 5.94. The lowest BCUT2D eigenvalue weighted by atomic mass is 10.0. The molecule has 6 nitrogen and oxygen atoms in total. The third-order valence-electron chi connectivity index (χ3n) is 4.18. The number of hydrogen-bond acceptors (Lipinski definition) is 5. The summed E-state index contributed by atoms with van der Waals surface area (Å²) in [5.41, 5.74) is 0.995. The van der Waals surface area contributed by atoms with Crippen molar-refractivity contribution in [3.05, 3.63) is 35.3 Å². The Kier molecular flexibility index (Phi) is 5.51. The van der Waals surface area contributed by atoms with Crippen LogP contribution in [-0.4, -0.2) is 36.1 Å². The minimum absolute atomic E-state index is 0.0532. The van der Waals surface area contributed by atoms with Crippen LogP contribution in [0.5, 0.6) is 5.75 Å². The van der Waals surface area contributed by atoms with Crippen LogP contribution >= 0.6 is 11.3 Å².